The SMILES string of the molecule is O=S(O)O.OCC(F)(F)F. The summed E-state index contributed by atoms with van der Waals surface area (Å²) in [6.07, 6.45) is -4.40. The van der Waals surface area contributed by atoms with E-state index in [0.717, 1.165) is 0 Å². The highest BCUT2D eigenvalue weighted by Gasteiger charge is 2.24. The van der Waals surface area contributed by atoms with Crippen LogP contribution in [0, 0.1) is 0 Å². The Morgan fingerprint density at radius 1 is 1.30 bits per heavy atom. The molecular formula is C2H5F3O4S. The fraction of sp³-hybridized carbons (Fsp3) is 1.00. The molecule has 0 heterocycles. The molecule has 0 aliphatic carbocycles. The molecule has 64 valence electrons. The predicted molar refractivity (Wildman–Crippen MR) is 26.5 cm³/mol. The Morgan fingerprint density at radius 3 is 1.40 bits per heavy atom. The van der Waals surface area contributed by atoms with Crippen molar-refractivity contribution in [3.8, 4) is 0 Å². The Labute approximate surface area is 56.8 Å². The van der Waals surface area contributed by atoms with Gasteiger partial charge in [-0.1, -0.05) is 0 Å². The molecule has 0 rings (SSSR count). The van der Waals surface area contributed by atoms with E-state index >= 15 is 0 Å². The number of rotatable bonds is 0. The molecule has 0 bridgehead atoms. The fourth-order valence-corrected chi connectivity index (χ4v) is 0. The van der Waals surface area contributed by atoms with Gasteiger partial charge in [-0.15, -0.1) is 0 Å². The predicted octanol–water partition coefficient (Wildman–Crippen LogP) is 0.222. The van der Waals surface area contributed by atoms with E-state index in [9.17, 15) is 13.2 Å². The Morgan fingerprint density at radius 2 is 1.40 bits per heavy atom. The minimum absolute atomic E-state index is 1.73. The van der Waals surface area contributed by atoms with Gasteiger partial charge in [0.15, 0.2) is 0 Å². The monoisotopic (exact) mass is 182 g/mol. The van der Waals surface area contributed by atoms with Crippen LogP contribution in [0.2, 0.25) is 0 Å². The standard InChI is InChI=1S/C2H3F3O.H2O3S/c3-2(4,5)1-6;1-4(2)3/h6H,1H2;(H2,1,2,3). The zero-order chi connectivity index (χ0) is 8.78. The molecule has 0 saturated heterocycles. The topological polar surface area (TPSA) is 77.8 Å². The molecule has 0 aromatic rings. The molecule has 0 radical (unpaired) electrons. The van der Waals surface area contributed by atoms with E-state index < -0.39 is 24.1 Å². The van der Waals surface area contributed by atoms with Crippen LogP contribution in [0.4, 0.5) is 13.2 Å². The number of aliphatic hydroxyl groups is 1. The van der Waals surface area contributed by atoms with E-state index in [1.807, 2.05) is 0 Å². The second kappa shape index (κ2) is 5.59. The molecule has 0 fully saturated rings. The highest BCUT2D eigenvalue weighted by atomic mass is 32.2. The van der Waals surface area contributed by atoms with Gasteiger partial charge in [0.1, 0.15) is 6.61 Å². The van der Waals surface area contributed by atoms with E-state index in [2.05, 4.69) is 0 Å². The van der Waals surface area contributed by atoms with E-state index in [1.54, 1.807) is 0 Å². The Hall–Kier alpha value is -0.180. The van der Waals surface area contributed by atoms with Crippen molar-refractivity contribution in [2.45, 2.75) is 6.18 Å². The summed E-state index contributed by atoms with van der Waals surface area (Å²) in [5.41, 5.74) is 0. The van der Waals surface area contributed by atoms with Crippen LogP contribution in [0.15, 0.2) is 0 Å². The molecule has 0 amide bonds. The zero-order valence-corrected chi connectivity index (χ0v) is 5.32. The van der Waals surface area contributed by atoms with Crippen LogP contribution in [0.1, 0.15) is 0 Å². The summed E-state index contributed by atoms with van der Waals surface area (Å²) >= 11 is -2.61. The van der Waals surface area contributed by atoms with Crippen LogP contribution in [0.5, 0.6) is 0 Å². The minimum Gasteiger partial charge on any atom is -0.387 e. The van der Waals surface area contributed by atoms with E-state index in [-0.39, 0.29) is 0 Å². The van der Waals surface area contributed by atoms with Crippen molar-refractivity contribution in [1.82, 2.24) is 0 Å². The molecule has 0 aromatic heterocycles. The van der Waals surface area contributed by atoms with Gasteiger partial charge in [0, 0.05) is 0 Å². The van der Waals surface area contributed by atoms with Crippen molar-refractivity contribution >= 4 is 11.4 Å². The fourth-order valence-electron chi connectivity index (χ4n) is 0. The highest BCUT2D eigenvalue weighted by Crippen LogP contribution is 2.11. The summed E-state index contributed by atoms with van der Waals surface area (Å²) in [4.78, 5) is 0. The maximum Gasteiger partial charge on any atom is 0.411 e. The summed E-state index contributed by atoms with van der Waals surface area (Å²) in [5, 5.41) is 7.28. The first-order chi connectivity index (χ1) is 4.29. The largest absolute Gasteiger partial charge is 0.411 e. The molecule has 4 nitrogen and oxygen atoms in total. The molecule has 0 saturated carbocycles. The van der Waals surface area contributed by atoms with Crippen LogP contribution in [0.25, 0.3) is 0 Å². The second-order valence-electron chi connectivity index (χ2n) is 1.00. The molecule has 0 aliphatic rings. The molecule has 0 aromatic carbocycles. The first-order valence-electron chi connectivity index (χ1n) is 1.77. The smallest absolute Gasteiger partial charge is 0.387 e. The molecule has 8 heteroatoms. The third kappa shape index (κ3) is 45.7. The van der Waals surface area contributed by atoms with Gasteiger partial charge in [-0.3, -0.25) is 9.11 Å². The first kappa shape index (κ1) is 12.5. The van der Waals surface area contributed by atoms with E-state index in [0.29, 0.717) is 0 Å². The summed E-state index contributed by atoms with van der Waals surface area (Å²) in [7, 11) is 0. The summed E-state index contributed by atoms with van der Waals surface area (Å²) < 4.78 is 54.4. The van der Waals surface area contributed by atoms with Crippen molar-refractivity contribution in [3.63, 3.8) is 0 Å². The molecule has 3 N–H and O–H groups in total. The Balaban J connectivity index is 0. The van der Waals surface area contributed by atoms with Gasteiger partial charge in [-0.05, 0) is 0 Å². The number of hydrogen-bond acceptors (Lipinski definition) is 2. The lowest BCUT2D eigenvalue weighted by molar-refractivity contribution is -0.159. The molecule has 0 aliphatic heterocycles. The van der Waals surface area contributed by atoms with E-state index in [1.165, 1.54) is 0 Å². The van der Waals surface area contributed by atoms with Gasteiger partial charge >= 0.3 is 6.18 Å². The summed E-state index contributed by atoms with van der Waals surface area (Å²) in [5.74, 6) is 0. The Bertz CT molecular complexity index is 97.2. The van der Waals surface area contributed by atoms with Crippen molar-refractivity contribution in [2.75, 3.05) is 6.61 Å². The number of aliphatic hydroxyl groups excluding tert-OH is 1. The van der Waals surface area contributed by atoms with Crippen LogP contribution < -0.4 is 0 Å². The number of halogens is 3. The van der Waals surface area contributed by atoms with Gasteiger partial charge in [0.05, 0.1) is 0 Å². The lowest BCUT2D eigenvalue weighted by Gasteiger charge is -1.95. The lowest BCUT2D eigenvalue weighted by atomic mass is 10.7. The average molecular weight is 182 g/mol. The van der Waals surface area contributed by atoms with Crippen molar-refractivity contribution in [2.24, 2.45) is 0 Å². The lowest BCUT2D eigenvalue weighted by Crippen LogP contribution is -2.12. The van der Waals surface area contributed by atoms with Gasteiger partial charge in [0.25, 0.3) is 11.4 Å². The van der Waals surface area contributed by atoms with Crippen LogP contribution in [-0.4, -0.2) is 31.2 Å². The quantitative estimate of drug-likeness (QED) is 0.468. The Kier molecular flexibility index (Phi) is 6.99. The molecule has 0 atom stereocenters. The highest BCUT2D eigenvalue weighted by molar-refractivity contribution is 7.73. The van der Waals surface area contributed by atoms with Crippen molar-refractivity contribution in [1.29, 1.82) is 0 Å². The van der Waals surface area contributed by atoms with Crippen LogP contribution in [-0.2, 0) is 11.4 Å². The van der Waals surface area contributed by atoms with Crippen molar-refractivity contribution < 1.29 is 31.6 Å². The van der Waals surface area contributed by atoms with Crippen LogP contribution >= 0.6 is 0 Å². The van der Waals surface area contributed by atoms with Gasteiger partial charge in [-0.2, -0.15) is 17.4 Å². The third-order valence-electron chi connectivity index (χ3n) is 0.179. The first-order valence-corrected chi connectivity index (χ1v) is 2.83. The molecular weight excluding hydrogens is 177 g/mol. The average Bonchev–Trinajstić information content (AvgIpc) is 1.63. The molecule has 10 heavy (non-hydrogen) atoms. The molecule has 0 unspecified atom stereocenters. The number of hydrogen-bond donors (Lipinski definition) is 3. The summed E-state index contributed by atoms with van der Waals surface area (Å²) in [6, 6.07) is 0. The van der Waals surface area contributed by atoms with E-state index in [4.69, 9.17) is 18.4 Å². The number of alkyl halides is 3. The van der Waals surface area contributed by atoms with Gasteiger partial charge in [-0.25, -0.2) is 0 Å². The summed E-state index contributed by atoms with van der Waals surface area (Å²) in [6.45, 7) is -1.73. The second-order valence-corrected chi connectivity index (χ2v) is 1.47. The normalized spacial score (nSPS) is 10.7. The third-order valence-corrected chi connectivity index (χ3v) is 0.179. The minimum atomic E-state index is -4.40. The van der Waals surface area contributed by atoms with Gasteiger partial charge < -0.3 is 5.11 Å². The maximum absolute atomic E-state index is 10.5. The zero-order valence-electron chi connectivity index (χ0n) is 4.50. The maximum atomic E-state index is 10.5. The van der Waals surface area contributed by atoms with Crippen molar-refractivity contribution in [3.05, 3.63) is 0 Å². The molecule has 0 spiro atoms. The van der Waals surface area contributed by atoms with Crippen LogP contribution in [0.3, 0.4) is 0 Å². The van der Waals surface area contributed by atoms with Gasteiger partial charge in [0.2, 0.25) is 0 Å².